The summed E-state index contributed by atoms with van der Waals surface area (Å²) in [5.74, 6) is 1.67. The number of nitrogens with zero attached hydrogens (tertiary/aromatic N) is 3. The Balaban J connectivity index is 1.63. The molecule has 23 heavy (non-hydrogen) atoms. The van der Waals surface area contributed by atoms with Crippen molar-refractivity contribution in [3.8, 4) is 0 Å². The number of urea groups is 1. The van der Waals surface area contributed by atoms with Gasteiger partial charge in [0.25, 0.3) is 0 Å². The van der Waals surface area contributed by atoms with E-state index in [2.05, 4.69) is 32.7 Å². The van der Waals surface area contributed by atoms with E-state index in [-0.39, 0.29) is 12.1 Å². The van der Waals surface area contributed by atoms with Crippen LogP contribution in [0.4, 0.5) is 9.93 Å². The molecule has 3 rings (SSSR count). The summed E-state index contributed by atoms with van der Waals surface area (Å²) < 4.78 is 4.97. The summed E-state index contributed by atoms with van der Waals surface area (Å²) >= 11 is 1.57. The highest BCUT2D eigenvalue weighted by Crippen LogP contribution is 2.32. The van der Waals surface area contributed by atoms with Gasteiger partial charge in [-0.2, -0.15) is 4.98 Å². The van der Waals surface area contributed by atoms with E-state index >= 15 is 0 Å². The molecule has 2 aromatic heterocycles. The van der Waals surface area contributed by atoms with Gasteiger partial charge in [-0.1, -0.05) is 19.0 Å². The number of rotatable bonds is 4. The molecule has 2 atom stereocenters. The maximum absolute atomic E-state index is 12.2. The van der Waals surface area contributed by atoms with Crippen LogP contribution in [0.2, 0.25) is 0 Å². The van der Waals surface area contributed by atoms with Crippen molar-refractivity contribution in [1.82, 2.24) is 20.4 Å². The van der Waals surface area contributed by atoms with Crippen LogP contribution in [0.15, 0.2) is 4.52 Å². The van der Waals surface area contributed by atoms with Crippen LogP contribution < -0.4 is 10.6 Å². The van der Waals surface area contributed by atoms with Gasteiger partial charge in [0.1, 0.15) is 0 Å². The van der Waals surface area contributed by atoms with Crippen molar-refractivity contribution in [3.05, 3.63) is 22.3 Å². The standard InChI is InChI=1S/C15H21N5O2S/c1-4-10(13-16-9(3)22-20-13)17-14(21)19-15-18-11-6-5-8(2)7-12(11)23-15/h8,10H,4-7H2,1-3H3,(H2,17,18,19,21)/t8-,10-/m1/s1. The second-order valence-corrected chi connectivity index (χ2v) is 7.05. The zero-order valence-electron chi connectivity index (χ0n) is 13.5. The summed E-state index contributed by atoms with van der Waals surface area (Å²) in [5.41, 5.74) is 1.13. The number of anilines is 1. The number of aryl methyl sites for hydroxylation is 2. The normalized spacial score (nSPS) is 18.3. The van der Waals surface area contributed by atoms with Crippen LogP contribution in [0.25, 0.3) is 0 Å². The van der Waals surface area contributed by atoms with E-state index in [0.717, 1.165) is 25.0 Å². The Labute approximate surface area is 138 Å². The van der Waals surface area contributed by atoms with Crippen molar-refractivity contribution >= 4 is 22.5 Å². The lowest BCUT2D eigenvalue weighted by Crippen LogP contribution is -2.32. The molecule has 7 nitrogen and oxygen atoms in total. The van der Waals surface area contributed by atoms with E-state index in [9.17, 15) is 4.79 Å². The van der Waals surface area contributed by atoms with Gasteiger partial charge >= 0.3 is 6.03 Å². The number of aromatic nitrogens is 3. The molecule has 0 saturated carbocycles. The number of carbonyl (C=O) groups excluding carboxylic acids is 1. The number of carbonyl (C=O) groups is 1. The summed E-state index contributed by atoms with van der Waals surface area (Å²) in [5, 5.41) is 10.2. The minimum atomic E-state index is -0.293. The Bertz CT molecular complexity index is 696. The summed E-state index contributed by atoms with van der Waals surface area (Å²) in [6, 6.07) is -0.569. The Hall–Kier alpha value is -1.96. The lowest BCUT2D eigenvalue weighted by molar-refractivity contribution is 0.247. The SMILES string of the molecule is CC[C@@H](NC(=O)Nc1nc2c(s1)C[C@H](C)CC2)c1noc(C)n1. The van der Waals surface area contributed by atoms with Crippen molar-refractivity contribution in [3.63, 3.8) is 0 Å². The third kappa shape index (κ3) is 3.69. The van der Waals surface area contributed by atoms with Crippen molar-refractivity contribution in [2.75, 3.05) is 5.32 Å². The number of nitrogens with one attached hydrogen (secondary N) is 2. The van der Waals surface area contributed by atoms with Gasteiger partial charge in [-0.25, -0.2) is 9.78 Å². The molecule has 1 aliphatic carbocycles. The molecule has 2 N–H and O–H groups in total. The zero-order valence-corrected chi connectivity index (χ0v) is 14.4. The lowest BCUT2D eigenvalue weighted by atomic mass is 9.93. The average Bonchev–Trinajstić information content (AvgIpc) is 3.10. The van der Waals surface area contributed by atoms with Gasteiger partial charge in [0.15, 0.2) is 11.0 Å². The fourth-order valence-electron chi connectivity index (χ4n) is 2.69. The van der Waals surface area contributed by atoms with E-state index in [1.165, 1.54) is 4.88 Å². The number of thiazole rings is 1. The predicted molar refractivity (Wildman–Crippen MR) is 87.5 cm³/mol. The molecule has 0 aromatic carbocycles. The third-order valence-corrected chi connectivity index (χ3v) is 5.01. The molecule has 8 heteroatoms. The Morgan fingerprint density at radius 2 is 2.30 bits per heavy atom. The first-order valence-corrected chi connectivity index (χ1v) is 8.73. The van der Waals surface area contributed by atoms with Crippen LogP contribution in [-0.2, 0) is 12.8 Å². The first kappa shape index (κ1) is 15.9. The number of hydrogen-bond acceptors (Lipinski definition) is 6. The van der Waals surface area contributed by atoms with E-state index < -0.39 is 0 Å². The average molecular weight is 335 g/mol. The smallest absolute Gasteiger partial charge is 0.321 e. The van der Waals surface area contributed by atoms with Gasteiger partial charge in [0.05, 0.1) is 11.7 Å². The number of hydrogen-bond donors (Lipinski definition) is 2. The quantitative estimate of drug-likeness (QED) is 0.895. The second kappa shape index (κ2) is 6.66. The molecule has 0 aliphatic heterocycles. The van der Waals surface area contributed by atoms with E-state index in [1.807, 2.05) is 6.92 Å². The van der Waals surface area contributed by atoms with Crippen molar-refractivity contribution in [1.29, 1.82) is 0 Å². The summed E-state index contributed by atoms with van der Waals surface area (Å²) in [4.78, 5) is 22.2. The lowest BCUT2D eigenvalue weighted by Gasteiger charge is -2.15. The van der Waals surface area contributed by atoms with Gasteiger partial charge in [0.2, 0.25) is 5.89 Å². The number of amides is 2. The van der Waals surface area contributed by atoms with E-state index in [0.29, 0.717) is 29.2 Å². The first-order chi connectivity index (χ1) is 11.0. The Kier molecular flexibility index (Phi) is 4.61. The highest BCUT2D eigenvalue weighted by atomic mass is 32.1. The monoisotopic (exact) mass is 335 g/mol. The number of fused-ring (bicyclic) bond motifs is 1. The molecular weight excluding hydrogens is 314 g/mol. The zero-order chi connectivity index (χ0) is 16.4. The van der Waals surface area contributed by atoms with Crippen LogP contribution in [0.5, 0.6) is 0 Å². The minimum Gasteiger partial charge on any atom is -0.340 e. The molecule has 0 radical (unpaired) electrons. The summed E-state index contributed by atoms with van der Waals surface area (Å²) in [6.07, 6.45) is 3.89. The fraction of sp³-hybridized carbons (Fsp3) is 0.600. The predicted octanol–water partition coefficient (Wildman–Crippen LogP) is 3.23. The summed E-state index contributed by atoms with van der Waals surface area (Å²) in [6.45, 7) is 5.94. The molecule has 0 bridgehead atoms. The Morgan fingerprint density at radius 3 is 3.00 bits per heavy atom. The van der Waals surface area contributed by atoms with Crippen LogP contribution in [-0.4, -0.2) is 21.2 Å². The van der Waals surface area contributed by atoms with Crippen LogP contribution in [0, 0.1) is 12.8 Å². The molecule has 0 saturated heterocycles. The molecular formula is C15H21N5O2S. The van der Waals surface area contributed by atoms with Crippen molar-refractivity contribution < 1.29 is 9.32 Å². The van der Waals surface area contributed by atoms with E-state index in [1.54, 1.807) is 18.3 Å². The largest absolute Gasteiger partial charge is 0.340 e. The highest BCUT2D eigenvalue weighted by Gasteiger charge is 2.22. The van der Waals surface area contributed by atoms with Gasteiger partial charge < -0.3 is 9.84 Å². The fourth-order valence-corrected chi connectivity index (χ4v) is 3.86. The maximum atomic E-state index is 12.2. The maximum Gasteiger partial charge on any atom is 0.321 e. The first-order valence-electron chi connectivity index (χ1n) is 7.91. The summed E-state index contributed by atoms with van der Waals surface area (Å²) in [7, 11) is 0. The van der Waals surface area contributed by atoms with E-state index in [4.69, 9.17) is 4.52 Å². The molecule has 0 fully saturated rings. The van der Waals surface area contributed by atoms with Crippen LogP contribution >= 0.6 is 11.3 Å². The van der Waals surface area contributed by atoms with Gasteiger partial charge in [0, 0.05) is 11.8 Å². The topological polar surface area (TPSA) is 92.9 Å². The van der Waals surface area contributed by atoms with Gasteiger partial charge in [-0.3, -0.25) is 5.32 Å². The minimum absolute atomic E-state index is 0.276. The molecule has 1 aliphatic rings. The van der Waals surface area contributed by atoms with Crippen molar-refractivity contribution in [2.45, 2.75) is 52.5 Å². The molecule has 2 amide bonds. The third-order valence-electron chi connectivity index (χ3n) is 3.98. The van der Waals surface area contributed by atoms with Crippen LogP contribution in [0.3, 0.4) is 0 Å². The molecule has 0 spiro atoms. The molecule has 124 valence electrons. The Morgan fingerprint density at radius 1 is 1.48 bits per heavy atom. The van der Waals surface area contributed by atoms with Crippen molar-refractivity contribution in [2.24, 2.45) is 5.92 Å². The molecule has 2 heterocycles. The molecule has 0 unspecified atom stereocenters. The van der Waals surface area contributed by atoms with Gasteiger partial charge in [-0.05, 0) is 31.6 Å². The van der Waals surface area contributed by atoms with Gasteiger partial charge in [-0.15, -0.1) is 11.3 Å². The van der Waals surface area contributed by atoms with Crippen LogP contribution in [0.1, 0.15) is 55.0 Å². The second-order valence-electron chi connectivity index (χ2n) is 5.97. The highest BCUT2D eigenvalue weighted by molar-refractivity contribution is 7.15. The molecule has 2 aromatic rings.